The van der Waals surface area contributed by atoms with Gasteiger partial charge in [0.25, 0.3) is 5.91 Å². The molecule has 0 radical (unpaired) electrons. The molecule has 2 aromatic rings. The van der Waals surface area contributed by atoms with Gasteiger partial charge in [0.05, 0.1) is 17.7 Å². The molecule has 3 aliphatic rings. The lowest BCUT2D eigenvalue weighted by Gasteiger charge is -2.34. The van der Waals surface area contributed by atoms with Crippen molar-refractivity contribution in [3.05, 3.63) is 52.5 Å². The minimum Gasteiger partial charge on any atom is -0.495 e. The number of rotatable bonds is 5. The molecular weight excluding hydrogens is 442 g/mol. The second-order valence-corrected chi connectivity index (χ2v) is 9.79. The number of piperidine rings is 1. The first kappa shape index (κ1) is 22.2. The predicted molar refractivity (Wildman–Crippen MR) is 125 cm³/mol. The zero-order valence-corrected chi connectivity index (χ0v) is 19.4. The van der Waals surface area contributed by atoms with Crippen LogP contribution in [0.25, 0.3) is 11.1 Å². The molecule has 7 heteroatoms. The van der Waals surface area contributed by atoms with E-state index in [4.69, 9.17) is 21.1 Å². The van der Waals surface area contributed by atoms with Crippen LogP contribution in [-0.4, -0.2) is 54.8 Å². The van der Waals surface area contributed by atoms with E-state index in [0.29, 0.717) is 34.3 Å². The molecule has 0 bridgehead atoms. The lowest BCUT2D eigenvalue weighted by molar-refractivity contribution is -0.142. The first-order valence-corrected chi connectivity index (χ1v) is 11.9. The molecule has 33 heavy (non-hydrogen) atoms. The van der Waals surface area contributed by atoms with Crippen molar-refractivity contribution in [2.24, 2.45) is 5.41 Å². The number of aromatic carboxylic acids is 1. The van der Waals surface area contributed by atoms with Gasteiger partial charge in [0.1, 0.15) is 11.9 Å². The number of ether oxygens (including phenoxy) is 2. The van der Waals surface area contributed by atoms with Gasteiger partial charge in [-0.15, -0.1) is 0 Å². The summed E-state index contributed by atoms with van der Waals surface area (Å²) in [7, 11) is 1.48. The topological polar surface area (TPSA) is 76.1 Å². The fraction of sp³-hybridized carbons (Fsp3) is 0.462. The van der Waals surface area contributed by atoms with E-state index in [-0.39, 0.29) is 17.6 Å². The molecule has 3 fully saturated rings. The number of methoxy groups -OCH3 is 1. The van der Waals surface area contributed by atoms with E-state index in [1.54, 1.807) is 6.07 Å². The molecule has 2 saturated heterocycles. The number of likely N-dealkylation sites (tertiary alicyclic amines) is 1. The van der Waals surface area contributed by atoms with Crippen molar-refractivity contribution in [1.29, 1.82) is 0 Å². The lowest BCUT2D eigenvalue weighted by Crippen LogP contribution is -2.44. The zero-order chi connectivity index (χ0) is 23.2. The lowest BCUT2D eigenvalue weighted by atomic mass is 9.88. The van der Waals surface area contributed by atoms with E-state index in [1.165, 1.54) is 18.7 Å². The highest BCUT2D eigenvalue weighted by atomic mass is 35.5. The first-order chi connectivity index (χ1) is 15.9. The Kier molecular flexibility index (Phi) is 5.83. The summed E-state index contributed by atoms with van der Waals surface area (Å²) >= 11 is 6.48. The third kappa shape index (κ3) is 4.11. The third-order valence-corrected chi connectivity index (χ3v) is 7.99. The number of benzene rings is 2. The first-order valence-electron chi connectivity index (χ1n) is 11.5. The SMILES string of the molecule is COc1cc(C(=O)O)cc(-c2ccc(C3CC34CCN(C(=O)C3CCCO3)CC4)cc2)c1Cl. The average molecular weight is 470 g/mol. The maximum absolute atomic E-state index is 12.6. The van der Waals surface area contributed by atoms with Crippen molar-refractivity contribution in [2.75, 3.05) is 26.8 Å². The minimum atomic E-state index is -1.02. The summed E-state index contributed by atoms with van der Waals surface area (Å²) < 4.78 is 10.8. The Labute approximate surface area is 198 Å². The number of amides is 1. The number of carbonyl (C=O) groups is 2. The van der Waals surface area contributed by atoms with Crippen LogP contribution in [-0.2, 0) is 9.53 Å². The molecule has 2 aromatic carbocycles. The molecule has 0 aromatic heterocycles. The standard InChI is InChI=1S/C26H28ClNO5/c1-32-22-14-18(25(30)31)13-19(23(22)27)16-4-6-17(7-5-16)20-15-26(20)8-10-28(11-9-26)24(29)21-3-2-12-33-21/h4-7,13-14,20-21H,2-3,8-12,15H2,1H3,(H,30,31). The van der Waals surface area contributed by atoms with Crippen LogP contribution in [0, 0.1) is 5.41 Å². The number of hydrogen-bond donors (Lipinski definition) is 1. The molecule has 1 N–H and O–H groups in total. The molecule has 1 amide bonds. The van der Waals surface area contributed by atoms with Gasteiger partial charge in [-0.1, -0.05) is 35.9 Å². The summed E-state index contributed by atoms with van der Waals surface area (Å²) in [5.41, 5.74) is 3.22. The van der Waals surface area contributed by atoms with Gasteiger partial charge in [0.15, 0.2) is 0 Å². The van der Waals surface area contributed by atoms with Crippen LogP contribution in [0.5, 0.6) is 5.75 Å². The van der Waals surface area contributed by atoms with Gasteiger partial charge in [-0.05, 0) is 66.7 Å². The van der Waals surface area contributed by atoms with E-state index in [9.17, 15) is 14.7 Å². The predicted octanol–water partition coefficient (Wildman–Crippen LogP) is 4.99. The Morgan fingerprint density at radius 2 is 1.91 bits per heavy atom. The van der Waals surface area contributed by atoms with Crippen LogP contribution in [0.15, 0.2) is 36.4 Å². The van der Waals surface area contributed by atoms with Gasteiger partial charge in [0.2, 0.25) is 0 Å². The van der Waals surface area contributed by atoms with E-state index < -0.39 is 5.97 Å². The van der Waals surface area contributed by atoms with Crippen LogP contribution < -0.4 is 4.74 Å². The Bertz CT molecular complexity index is 1070. The summed E-state index contributed by atoms with van der Waals surface area (Å²) in [6.07, 6.45) is 4.80. The molecule has 2 unspecified atom stereocenters. The summed E-state index contributed by atoms with van der Waals surface area (Å²) in [4.78, 5) is 26.1. The van der Waals surface area contributed by atoms with Crippen molar-refractivity contribution in [3.63, 3.8) is 0 Å². The quantitative estimate of drug-likeness (QED) is 0.667. The van der Waals surface area contributed by atoms with Gasteiger partial charge in [-0.2, -0.15) is 0 Å². The summed E-state index contributed by atoms with van der Waals surface area (Å²) in [5, 5.41) is 9.82. The molecule has 1 spiro atoms. The van der Waals surface area contributed by atoms with E-state index in [2.05, 4.69) is 12.1 Å². The molecule has 2 heterocycles. The monoisotopic (exact) mass is 469 g/mol. The van der Waals surface area contributed by atoms with Gasteiger partial charge in [-0.3, -0.25) is 4.79 Å². The number of halogens is 1. The number of carbonyl (C=O) groups excluding carboxylic acids is 1. The maximum atomic E-state index is 12.6. The molecule has 1 aliphatic carbocycles. The van der Waals surface area contributed by atoms with Crippen molar-refractivity contribution < 1.29 is 24.2 Å². The third-order valence-electron chi connectivity index (χ3n) is 7.60. The second-order valence-electron chi connectivity index (χ2n) is 9.41. The highest BCUT2D eigenvalue weighted by molar-refractivity contribution is 6.35. The summed E-state index contributed by atoms with van der Waals surface area (Å²) in [6, 6.07) is 11.3. The fourth-order valence-electron chi connectivity index (χ4n) is 5.49. The van der Waals surface area contributed by atoms with Crippen molar-refractivity contribution in [2.45, 2.75) is 44.1 Å². The van der Waals surface area contributed by atoms with E-state index in [1.807, 2.05) is 17.0 Å². The molecule has 174 valence electrons. The average Bonchev–Trinajstić information content (AvgIpc) is 3.25. The van der Waals surface area contributed by atoms with Crippen LogP contribution in [0.4, 0.5) is 0 Å². The van der Waals surface area contributed by atoms with Crippen LogP contribution in [0.2, 0.25) is 5.02 Å². The highest BCUT2D eigenvalue weighted by Crippen LogP contribution is 2.65. The number of nitrogens with zero attached hydrogens (tertiary/aromatic N) is 1. The minimum absolute atomic E-state index is 0.140. The Balaban J connectivity index is 1.28. The van der Waals surface area contributed by atoms with Crippen molar-refractivity contribution in [1.82, 2.24) is 4.90 Å². The Morgan fingerprint density at radius 1 is 1.18 bits per heavy atom. The Hall–Kier alpha value is -2.57. The van der Waals surface area contributed by atoms with Gasteiger partial charge in [0, 0.05) is 25.3 Å². The molecule has 6 nitrogen and oxygen atoms in total. The van der Waals surface area contributed by atoms with Gasteiger partial charge < -0.3 is 19.5 Å². The number of hydrogen-bond acceptors (Lipinski definition) is 4. The summed E-state index contributed by atoms with van der Waals surface area (Å²) in [5.74, 6) is -0.00475. The van der Waals surface area contributed by atoms with Gasteiger partial charge >= 0.3 is 5.97 Å². The number of carboxylic acid groups (broad SMARTS) is 1. The van der Waals surface area contributed by atoms with E-state index in [0.717, 1.165) is 50.8 Å². The highest BCUT2D eigenvalue weighted by Gasteiger charge is 2.55. The maximum Gasteiger partial charge on any atom is 0.335 e. The second kappa shape index (κ2) is 8.65. The molecule has 2 atom stereocenters. The molecule has 2 aliphatic heterocycles. The Morgan fingerprint density at radius 3 is 2.52 bits per heavy atom. The summed E-state index contributed by atoms with van der Waals surface area (Å²) in [6.45, 7) is 2.32. The molecular formula is C26H28ClNO5. The smallest absolute Gasteiger partial charge is 0.335 e. The fourth-order valence-corrected chi connectivity index (χ4v) is 5.79. The van der Waals surface area contributed by atoms with E-state index >= 15 is 0 Å². The molecule has 1 saturated carbocycles. The van der Waals surface area contributed by atoms with Crippen LogP contribution in [0.1, 0.15) is 53.9 Å². The zero-order valence-electron chi connectivity index (χ0n) is 18.7. The van der Waals surface area contributed by atoms with Crippen molar-refractivity contribution in [3.8, 4) is 16.9 Å². The normalized spacial score (nSPS) is 23.5. The van der Waals surface area contributed by atoms with Crippen LogP contribution >= 0.6 is 11.6 Å². The number of carboxylic acids is 1. The van der Waals surface area contributed by atoms with Crippen molar-refractivity contribution >= 4 is 23.5 Å². The van der Waals surface area contributed by atoms with Gasteiger partial charge in [-0.25, -0.2) is 4.79 Å². The largest absolute Gasteiger partial charge is 0.495 e. The molecule has 5 rings (SSSR count). The van der Waals surface area contributed by atoms with Crippen LogP contribution in [0.3, 0.4) is 0 Å².